The third-order valence-electron chi connectivity index (χ3n) is 12.2. The van der Waals surface area contributed by atoms with E-state index in [2.05, 4.69) is 164 Å². The lowest BCUT2D eigenvalue weighted by Gasteiger charge is -2.37. The van der Waals surface area contributed by atoms with Crippen molar-refractivity contribution in [3.63, 3.8) is 0 Å². The molecule has 11 rings (SSSR count). The molecule has 254 valence electrons. The lowest BCUT2D eigenvalue weighted by Crippen LogP contribution is -2.25. The second-order valence-corrected chi connectivity index (χ2v) is 16.6. The minimum atomic E-state index is -0.275. The van der Waals surface area contributed by atoms with Crippen molar-refractivity contribution in [3.05, 3.63) is 173 Å². The second-order valence-electron chi connectivity index (χ2n) is 15.5. The molecule has 1 N–H and O–H groups in total. The molecule has 2 atom stereocenters. The number of fused-ring (bicyclic) bond motifs is 10. The maximum absolute atomic E-state index is 9.43. The van der Waals surface area contributed by atoms with E-state index in [-0.39, 0.29) is 11.3 Å². The minimum Gasteiger partial charge on any atom is -0.310 e. The molecule has 53 heavy (non-hydrogen) atoms. The highest BCUT2D eigenvalue weighted by Gasteiger charge is 2.38. The van der Waals surface area contributed by atoms with Crippen molar-refractivity contribution in [2.45, 2.75) is 38.0 Å². The van der Waals surface area contributed by atoms with Crippen LogP contribution in [0.15, 0.2) is 144 Å². The molecule has 1 saturated carbocycles. The topological polar surface area (TPSA) is 41.1 Å². The number of aliphatic imine (C=N–C) groups is 1. The van der Waals surface area contributed by atoms with E-state index in [4.69, 9.17) is 4.99 Å². The average Bonchev–Trinajstić information content (AvgIpc) is 3.79. The van der Waals surface area contributed by atoms with Crippen molar-refractivity contribution in [1.82, 2.24) is 4.57 Å². The van der Waals surface area contributed by atoms with Crippen LogP contribution in [0.3, 0.4) is 0 Å². The fraction of sp³-hybridized carbons (Fsp3) is 0.143. The molecule has 4 heteroatoms. The van der Waals surface area contributed by atoms with Crippen molar-refractivity contribution in [2.75, 3.05) is 0 Å². The van der Waals surface area contributed by atoms with E-state index in [9.17, 15) is 5.41 Å². The van der Waals surface area contributed by atoms with E-state index in [1.54, 1.807) is 11.3 Å². The molecule has 0 spiro atoms. The highest BCUT2D eigenvalue weighted by atomic mass is 32.1. The zero-order valence-corrected chi connectivity index (χ0v) is 30.5. The summed E-state index contributed by atoms with van der Waals surface area (Å²) in [5, 5.41) is 15.8. The Balaban J connectivity index is 1.06. The highest BCUT2D eigenvalue weighted by molar-refractivity contribution is 7.25. The number of nitrogens with one attached hydrogen (secondary N) is 1. The first kappa shape index (κ1) is 30.8. The fourth-order valence-electron chi connectivity index (χ4n) is 9.31. The van der Waals surface area contributed by atoms with Crippen LogP contribution in [0, 0.1) is 11.3 Å². The number of hydrogen-bond acceptors (Lipinski definition) is 2. The molecule has 0 radical (unpaired) electrons. The van der Waals surface area contributed by atoms with Gasteiger partial charge in [-0.05, 0) is 118 Å². The maximum Gasteiger partial charge on any atom is 0.152 e. The molecule has 2 unspecified atom stereocenters. The van der Waals surface area contributed by atoms with E-state index in [0.717, 1.165) is 28.1 Å². The van der Waals surface area contributed by atoms with Gasteiger partial charge < -0.3 is 4.57 Å². The number of aromatic nitrogens is 1. The number of nitrogens with zero attached hydrogens (tertiary/aromatic N) is 2. The van der Waals surface area contributed by atoms with Crippen molar-refractivity contribution >= 4 is 76.9 Å². The molecular weight excluding hydrogens is 663 g/mol. The van der Waals surface area contributed by atoms with Gasteiger partial charge in [0.1, 0.15) is 0 Å². The Labute approximate surface area is 312 Å². The van der Waals surface area contributed by atoms with Crippen molar-refractivity contribution in [1.29, 1.82) is 5.41 Å². The molecule has 3 aliphatic carbocycles. The molecule has 8 aromatic rings. The van der Waals surface area contributed by atoms with E-state index in [1.807, 2.05) is 0 Å². The Hall–Kier alpha value is -5.84. The normalized spacial score (nSPS) is 18.6. The molecule has 2 heterocycles. The van der Waals surface area contributed by atoms with Gasteiger partial charge in [0.25, 0.3) is 0 Å². The quantitative estimate of drug-likeness (QED) is 0.140. The molecule has 0 bridgehead atoms. The Morgan fingerprint density at radius 2 is 1.47 bits per heavy atom. The number of benzene rings is 6. The summed E-state index contributed by atoms with van der Waals surface area (Å²) in [6.07, 6.45) is 9.63. The fourth-order valence-corrected chi connectivity index (χ4v) is 10.4. The number of thiophene rings is 1. The first-order chi connectivity index (χ1) is 25.9. The van der Waals surface area contributed by atoms with Crippen LogP contribution < -0.4 is 0 Å². The summed E-state index contributed by atoms with van der Waals surface area (Å²) in [6.45, 7) is 4.56. The van der Waals surface area contributed by atoms with Gasteiger partial charge in [-0.2, -0.15) is 0 Å². The Morgan fingerprint density at radius 1 is 0.736 bits per heavy atom. The van der Waals surface area contributed by atoms with Gasteiger partial charge in [-0.3, -0.25) is 5.41 Å². The predicted molar refractivity (Wildman–Crippen MR) is 225 cm³/mol. The standard InChI is InChI=1S/C49H37N3S/c1-49(2)40-13-7-5-11-33(40)27-41(49)47(51-48(50)34-19-24-45-38(26-34)37-12-6-8-14-44(37)53-45)30-15-20-35(21-16-30)52-42-23-18-29-17-22-36(29)46(42)39-25-31-9-3-4-10-32(31)28-43(39)52/h3-16,18-21,23-29,36,50H,17,22H2,1-2H3/b50-48?,51-47-. The van der Waals surface area contributed by atoms with E-state index in [0.29, 0.717) is 11.8 Å². The maximum atomic E-state index is 9.43. The highest BCUT2D eigenvalue weighted by Crippen LogP contribution is 2.52. The Kier molecular flexibility index (Phi) is 6.57. The van der Waals surface area contributed by atoms with Gasteiger partial charge in [0.05, 0.1) is 16.9 Å². The summed E-state index contributed by atoms with van der Waals surface area (Å²) >= 11 is 1.80. The summed E-state index contributed by atoms with van der Waals surface area (Å²) in [7, 11) is 0. The Morgan fingerprint density at radius 3 is 2.28 bits per heavy atom. The van der Waals surface area contributed by atoms with Crippen molar-refractivity contribution in [2.24, 2.45) is 10.9 Å². The molecule has 0 amide bonds. The molecule has 0 saturated heterocycles. The van der Waals surface area contributed by atoms with Crippen LogP contribution in [0.1, 0.15) is 66.1 Å². The lowest BCUT2D eigenvalue weighted by atomic mass is 9.67. The molecule has 1 fully saturated rings. The molecule has 0 aliphatic heterocycles. The van der Waals surface area contributed by atoms with Gasteiger partial charge in [0, 0.05) is 47.8 Å². The molecule has 3 nitrogen and oxygen atoms in total. The van der Waals surface area contributed by atoms with Crippen molar-refractivity contribution < 1.29 is 0 Å². The molecule has 3 aliphatic rings. The molecule has 6 aromatic carbocycles. The lowest BCUT2D eigenvalue weighted by molar-refractivity contribution is 0.315. The number of hydrogen-bond donors (Lipinski definition) is 1. The van der Waals surface area contributed by atoms with Gasteiger partial charge in [-0.15, -0.1) is 11.3 Å². The molecular formula is C49H37N3S. The van der Waals surface area contributed by atoms with Crippen LogP contribution in [0.25, 0.3) is 59.7 Å². The number of rotatable bonds is 4. The van der Waals surface area contributed by atoms with Crippen LogP contribution in [0.5, 0.6) is 0 Å². The second kappa shape index (κ2) is 11.3. The predicted octanol–water partition coefficient (Wildman–Crippen LogP) is 12.9. The first-order valence-corrected chi connectivity index (χ1v) is 19.5. The minimum absolute atomic E-state index is 0.270. The summed E-state index contributed by atoms with van der Waals surface area (Å²) in [4.78, 5) is 5.24. The average molecular weight is 700 g/mol. The SMILES string of the molecule is CC1(C)C(/C(=N\C(=N)c2ccc3sc4ccccc4c3c2)c2ccc(-n3c4c(c5cc6ccccc6cc53)C3CCC3C=C4)cc2)=Cc2ccccc21. The zero-order chi connectivity index (χ0) is 35.4. The van der Waals surface area contributed by atoms with Crippen LogP contribution in [-0.4, -0.2) is 16.1 Å². The van der Waals surface area contributed by atoms with Gasteiger partial charge in [0.2, 0.25) is 0 Å². The number of amidine groups is 1. The summed E-state index contributed by atoms with van der Waals surface area (Å²) in [6, 6.07) is 46.0. The van der Waals surface area contributed by atoms with Gasteiger partial charge in [0.15, 0.2) is 5.84 Å². The summed E-state index contributed by atoms with van der Waals surface area (Å²) in [5.41, 5.74) is 11.3. The van der Waals surface area contributed by atoms with Gasteiger partial charge >= 0.3 is 0 Å². The third-order valence-corrected chi connectivity index (χ3v) is 13.4. The van der Waals surface area contributed by atoms with Crippen molar-refractivity contribution in [3.8, 4) is 5.69 Å². The zero-order valence-electron chi connectivity index (χ0n) is 29.7. The van der Waals surface area contributed by atoms with Crippen LogP contribution in [-0.2, 0) is 5.41 Å². The smallest absolute Gasteiger partial charge is 0.152 e. The Bertz CT molecular complexity index is 2950. The van der Waals surface area contributed by atoms with E-state index >= 15 is 0 Å². The van der Waals surface area contributed by atoms with Crippen LogP contribution in [0.4, 0.5) is 0 Å². The van der Waals surface area contributed by atoms with E-state index < -0.39 is 0 Å². The van der Waals surface area contributed by atoms with Crippen LogP contribution in [0.2, 0.25) is 0 Å². The van der Waals surface area contributed by atoms with Crippen LogP contribution >= 0.6 is 11.3 Å². The number of allylic oxidation sites excluding steroid dienone is 2. The largest absolute Gasteiger partial charge is 0.310 e. The van der Waals surface area contributed by atoms with E-state index in [1.165, 1.54) is 77.1 Å². The molecule has 2 aromatic heterocycles. The van der Waals surface area contributed by atoms with Gasteiger partial charge in [-0.1, -0.05) is 98.8 Å². The first-order valence-electron chi connectivity index (χ1n) is 18.7. The summed E-state index contributed by atoms with van der Waals surface area (Å²) in [5.74, 6) is 1.51. The monoisotopic (exact) mass is 699 g/mol. The van der Waals surface area contributed by atoms with Gasteiger partial charge in [-0.25, -0.2) is 4.99 Å². The summed E-state index contributed by atoms with van der Waals surface area (Å²) < 4.78 is 4.96. The third kappa shape index (κ3) is 4.58.